The molecule has 0 unspecified atom stereocenters. The monoisotopic (exact) mass is 226 g/mol. The Morgan fingerprint density at radius 2 is 1.79 bits per heavy atom. The predicted octanol–water partition coefficient (Wildman–Crippen LogP) is 4.04. The molecule has 0 bridgehead atoms. The number of benzene rings is 1. The van der Waals surface area contributed by atoms with E-state index in [1.165, 1.54) is 10.5 Å². The van der Waals surface area contributed by atoms with Crippen molar-refractivity contribution in [1.82, 2.24) is 0 Å². The maximum absolute atomic E-state index is 4.35. The Hall–Kier alpha value is -0.0800. The summed E-state index contributed by atoms with van der Waals surface area (Å²) < 4.78 is 0. The van der Waals surface area contributed by atoms with Gasteiger partial charge >= 0.3 is 0 Å². The molecule has 0 heterocycles. The lowest BCUT2D eigenvalue weighted by Crippen LogP contribution is -2.16. The lowest BCUT2D eigenvalue weighted by atomic mass is 10.0. The van der Waals surface area contributed by atoms with Gasteiger partial charge in [0.05, 0.1) is 0 Å². The van der Waals surface area contributed by atoms with E-state index in [2.05, 4.69) is 57.7 Å². The van der Waals surface area contributed by atoms with Crippen LogP contribution in [0.2, 0.25) is 0 Å². The first kappa shape index (κ1) is 12.0. The van der Waals surface area contributed by atoms with E-state index in [-0.39, 0.29) is 0 Å². The number of thioether (sulfide) groups is 1. The van der Waals surface area contributed by atoms with Gasteiger partial charge < -0.3 is 0 Å². The van der Waals surface area contributed by atoms with E-state index in [0.29, 0.717) is 5.41 Å². The zero-order chi connectivity index (χ0) is 10.6. The molecule has 0 N–H and O–H groups in total. The van der Waals surface area contributed by atoms with Crippen molar-refractivity contribution < 1.29 is 0 Å². The van der Waals surface area contributed by atoms with Gasteiger partial charge in [0.25, 0.3) is 0 Å². The number of thiol groups is 1. The van der Waals surface area contributed by atoms with Gasteiger partial charge in [-0.05, 0) is 30.2 Å². The summed E-state index contributed by atoms with van der Waals surface area (Å²) >= 11 is 6.26. The molecule has 2 heteroatoms. The molecule has 1 rings (SSSR count). The summed E-state index contributed by atoms with van der Waals surface area (Å²) in [5.74, 6) is 2.06. The van der Waals surface area contributed by atoms with Crippen LogP contribution in [0, 0.1) is 12.3 Å². The second-order valence-electron chi connectivity index (χ2n) is 4.42. The fraction of sp³-hybridized carbons (Fsp3) is 0.500. The third kappa shape index (κ3) is 3.97. The largest absolute Gasteiger partial charge is 0.179 e. The van der Waals surface area contributed by atoms with Crippen molar-refractivity contribution >= 4 is 24.4 Å². The van der Waals surface area contributed by atoms with Crippen molar-refractivity contribution in [2.24, 2.45) is 5.41 Å². The lowest BCUT2D eigenvalue weighted by molar-refractivity contribution is 0.494. The highest BCUT2D eigenvalue weighted by Gasteiger charge is 2.15. The van der Waals surface area contributed by atoms with E-state index in [1.807, 2.05) is 11.8 Å². The Balaban J connectivity index is 2.50. The van der Waals surface area contributed by atoms with Gasteiger partial charge in [0.1, 0.15) is 0 Å². The predicted molar refractivity (Wildman–Crippen MR) is 69.5 cm³/mol. The molecule has 0 aliphatic rings. The van der Waals surface area contributed by atoms with Crippen LogP contribution < -0.4 is 0 Å². The summed E-state index contributed by atoms with van der Waals surface area (Å²) in [6.45, 7) is 6.62. The fourth-order valence-electron chi connectivity index (χ4n) is 0.959. The summed E-state index contributed by atoms with van der Waals surface area (Å²) in [5, 5.41) is 0. The van der Waals surface area contributed by atoms with E-state index < -0.39 is 0 Å². The molecular weight excluding hydrogens is 208 g/mol. The van der Waals surface area contributed by atoms with E-state index in [4.69, 9.17) is 0 Å². The van der Waals surface area contributed by atoms with Crippen molar-refractivity contribution in [1.29, 1.82) is 0 Å². The SMILES string of the molecule is Cc1ccc(SCC(C)(C)CS)cc1. The second kappa shape index (κ2) is 5.13. The first-order valence-electron chi connectivity index (χ1n) is 4.84. The molecule has 78 valence electrons. The van der Waals surface area contributed by atoms with Crippen LogP contribution in [0.4, 0.5) is 0 Å². The van der Waals surface area contributed by atoms with Crippen LogP contribution in [-0.2, 0) is 0 Å². The Morgan fingerprint density at radius 3 is 2.29 bits per heavy atom. The average Bonchev–Trinajstić information content (AvgIpc) is 2.17. The molecule has 0 aromatic heterocycles. The molecule has 1 aromatic rings. The molecule has 0 fully saturated rings. The molecule has 0 saturated carbocycles. The highest BCUT2D eigenvalue weighted by Crippen LogP contribution is 2.28. The minimum absolute atomic E-state index is 0.318. The van der Waals surface area contributed by atoms with Gasteiger partial charge in [-0.2, -0.15) is 12.6 Å². The van der Waals surface area contributed by atoms with Crippen molar-refractivity contribution in [3.63, 3.8) is 0 Å². The minimum atomic E-state index is 0.318. The van der Waals surface area contributed by atoms with Crippen LogP contribution >= 0.6 is 24.4 Å². The molecule has 14 heavy (non-hydrogen) atoms. The number of hydrogen-bond acceptors (Lipinski definition) is 2. The molecule has 0 nitrogen and oxygen atoms in total. The quantitative estimate of drug-likeness (QED) is 0.597. The zero-order valence-electron chi connectivity index (χ0n) is 9.08. The lowest BCUT2D eigenvalue weighted by Gasteiger charge is -2.21. The van der Waals surface area contributed by atoms with Crippen LogP contribution in [0.15, 0.2) is 29.2 Å². The zero-order valence-corrected chi connectivity index (χ0v) is 10.8. The standard InChI is InChI=1S/C12H18S2/c1-10-4-6-11(7-5-10)14-9-12(2,3)8-13/h4-7,13H,8-9H2,1-3H3. The highest BCUT2D eigenvalue weighted by atomic mass is 32.2. The fourth-order valence-corrected chi connectivity index (χ4v) is 2.21. The van der Waals surface area contributed by atoms with Crippen LogP contribution in [0.25, 0.3) is 0 Å². The average molecular weight is 226 g/mol. The molecular formula is C12H18S2. The summed E-state index contributed by atoms with van der Waals surface area (Å²) in [6.07, 6.45) is 0. The van der Waals surface area contributed by atoms with Crippen molar-refractivity contribution in [2.45, 2.75) is 25.7 Å². The van der Waals surface area contributed by atoms with Crippen molar-refractivity contribution in [3.05, 3.63) is 29.8 Å². The number of hydrogen-bond donors (Lipinski definition) is 1. The van der Waals surface area contributed by atoms with Gasteiger partial charge in [0.2, 0.25) is 0 Å². The van der Waals surface area contributed by atoms with Crippen LogP contribution in [0.5, 0.6) is 0 Å². The Kier molecular flexibility index (Phi) is 4.39. The summed E-state index contributed by atoms with van der Waals surface area (Å²) in [5.41, 5.74) is 1.64. The van der Waals surface area contributed by atoms with E-state index in [1.54, 1.807) is 0 Å². The Morgan fingerprint density at radius 1 is 1.21 bits per heavy atom. The van der Waals surface area contributed by atoms with E-state index in [9.17, 15) is 0 Å². The molecule has 0 saturated heterocycles. The summed E-state index contributed by atoms with van der Waals surface area (Å²) in [4.78, 5) is 1.35. The second-order valence-corrected chi connectivity index (χ2v) is 5.79. The Bertz CT molecular complexity index is 275. The molecule has 0 aliphatic carbocycles. The minimum Gasteiger partial charge on any atom is -0.179 e. The molecule has 1 aromatic carbocycles. The molecule has 0 atom stereocenters. The van der Waals surface area contributed by atoms with Gasteiger partial charge in [0.15, 0.2) is 0 Å². The topological polar surface area (TPSA) is 0 Å². The van der Waals surface area contributed by atoms with Crippen LogP contribution in [-0.4, -0.2) is 11.5 Å². The van der Waals surface area contributed by atoms with Gasteiger partial charge in [-0.1, -0.05) is 31.5 Å². The number of rotatable bonds is 4. The van der Waals surface area contributed by atoms with Gasteiger partial charge in [-0.25, -0.2) is 0 Å². The van der Waals surface area contributed by atoms with Crippen LogP contribution in [0.3, 0.4) is 0 Å². The number of aryl methyl sites for hydroxylation is 1. The first-order chi connectivity index (χ1) is 6.53. The third-order valence-corrected chi connectivity index (χ3v) is 4.47. The highest BCUT2D eigenvalue weighted by molar-refractivity contribution is 7.99. The smallest absolute Gasteiger partial charge is 0.00723 e. The molecule has 0 spiro atoms. The first-order valence-corrected chi connectivity index (χ1v) is 6.46. The summed E-state index contributed by atoms with van der Waals surface area (Å²) in [6, 6.07) is 8.70. The molecule has 0 radical (unpaired) electrons. The van der Waals surface area contributed by atoms with E-state index in [0.717, 1.165) is 11.5 Å². The van der Waals surface area contributed by atoms with E-state index >= 15 is 0 Å². The summed E-state index contributed by atoms with van der Waals surface area (Å²) in [7, 11) is 0. The van der Waals surface area contributed by atoms with Gasteiger partial charge in [0, 0.05) is 10.6 Å². The third-order valence-electron chi connectivity index (χ3n) is 2.08. The Labute approximate surface area is 96.9 Å². The molecule has 0 aliphatic heterocycles. The normalized spacial score (nSPS) is 11.7. The molecule has 0 amide bonds. The maximum atomic E-state index is 4.35. The van der Waals surface area contributed by atoms with Gasteiger partial charge in [-0.15, -0.1) is 11.8 Å². The van der Waals surface area contributed by atoms with Crippen LogP contribution in [0.1, 0.15) is 19.4 Å². The van der Waals surface area contributed by atoms with Crippen molar-refractivity contribution in [2.75, 3.05) is 11.5 Å². The van der Waals surface area contributed by atoms with Gasteiger partial charge in [-0.3, -0.25) is 0 Å². The maximum Gasteiger partial charge on any atom is 0.00723 e. The van der Waals surface area contributed by atoms with Crippen molar-refractivity contribution in [3.8, 4) is 0 Å².